The van der Waals surface area contributed by atoms with Crippen LogP contribution in [0.25, 0.3) is 21.9 Å². The Balaban J connectivity index is 1.51. The van der Waals surface area contributed by atoms with Crippen LogP contribution in [0.1, 0.15) is 25.5 Å². The molecule has 4 rings (SSSR count). The molecule has 0 aliphatic heterocycles. The Morgan fingerprint density at radius 1 is 1.24 bits per heavy atom. The molecule has 0 saturated heterocycles. The van der Waals surface area contributed by atoms with E-state index in [0.717, 1.165) is 33.2 Å². The molecular formula is C19H19N5O. The van der Waals surface area contributed by atoms with Gasteiger partial charge in [0.25, 0.3) is 0 Å². The van der Waals surface area contributed by atoms with Gasteiger partial charge < -0.3 is 9.88 Å². The lowest BCUT2D eigenvalue weighted by Gasteiger charge is -2.08. The maximum Gasteiger partial charge on any atom is 0.228 e. The van der Waals surface area contributed by atoms with Gasteiger partial charge in [-0.2, -0.15) is 5.10 Å². The largest absolute Gasteiger partial charge is 0.328 e. The molecule has 0 unspecified atom stereocenters. The highest BCUT2D eigenvalue weighted by Crippen LogP contribution is 2.20. The average Bonchev–Trinajstić information content (AvgIpc) is 3.20. The van der Waals surface area contributed by atoms with Crippen molar-refractivity contribution >= 4 is 33.5 Å². The lowest BCUT2D eigenvalue weighted by Crippen LogP contribution is -2.14. The van der Waals surface area contributed by atoms with Crippen LogP contribution in [0, 0.1) is 0 Å². The summed E-state index contributed by atoms with van der Waals surface area (Å²) in [6.07, 6.45) is 3.91. The Morgan fingerprint density at radius 2 is 2.12 bits per heavy atom. The molecule has 0 atom stereocenters. The maximum atomic E-state index is 12.3. The number of nitrogens with one attached hydrogen (secondary N) is 2. The number of H-pyrrole nitrogens is 1. The minimum absolute atomic E-state index is 0.0542. The van der Waals surface area contributed by atoms with Crippen LogP contribution in [0.4, 0.5) is 5.69 Å². The molecule has 2 heterocycles. The Hall–Kier alpha value is -3.15. The summed E-state index contributed by atoms with van der Waals surface area (Å²) in [7, 11) is 0. The molecule has 0 fully saturated rings. The molecule has 0 bridgehead atoms. The van der Waals surface area contributed by atoms with Gasteiger partial charge in [0, 0.05) is 17.1 Å². The van der Waals surface area contributed by atoms with Crippen molar-refractivity contribution in [3.05, 3.63) is 54.5 Å². The normalized spacial score (nSPS) is 11.5. The first kappa shape index (κ1) is 15.4. The van der Waals surface area contributed by atoms with Crippen molar-refractivity contribution < 1.29 is 4.79 Å². The third-order valence-electron chi connectivity index (χ3n) is 4.29. The molecule has 0 saturated carbocycles. The summed E-state index contributed by atoms with van der Waals surface area (Å²) in [6.45, 7) is 4.25. The van der Waals surface area contributed by atoms with E-state index in [9.17, 15) is 4.79 Å². The van der Waals surface area contributed by atoms with Gasteiger partial charge >= 0.3 is 0 Å². The van der Waals surface area contributed by atoms with Crippen LogP contribution >= 0.6 is 0 Å². The summed E-state index contributed by atoms with van der Waals surface area (Å²) < 4.78 is 2.12. The third kappa shape index (κ3) is 2.98. The maximum absolute atomic E-state index is 12.3. The van der Waals surface area contributed by atoms with E-state index in [4.69, 9.17) is 0 Å². The fourth-order valence-electron chi connectivity index (χ4n) is 3.00. The van der Waals surface area contributed by atoms with Crippen molar-refractivity contribution in [2.45, 2.75) is 26.3 Å². The minimum atomic E-state index is -0.0542. The van der Waals surface area contributed by atoms with Gasteiger partial charge in [-0.1, -0.05) is 6.07 Å². The Labute approximate surface area is 144 Å². The molecule has 126 valence electrons. The van der Waals surface area contributed by atoms with E-state index in [1.165, 1.54) is 0 Å². The van der Waals surface area contributed by atoms with Crippen LogP contribution < -0.4 is 5.32 Å². The fourth-order valence-corrected chi connectivity index (χ4v) is 3.00. The molecule has 0 aliphatic carbocycles. The predicted octanol–water partition coefficient (Wildman–Crippen LogP) is 3.67. The van der Waals surface area contributed by atoms with Gasteiger partial charge in [-0.15, -0.1) is 0 Å². The number of aromatic nitrogens is 4. The van der Waals surface area contributed by atoms with Crippen LogP contribution in [-0.2, 0) is 11.2 Å². The number of rotatable bonds is 4. The summed E-state index contributed by atoms with van der Waals surface area (Å²) in [6, 6.07) is 12.0. The van der Waals surface area contributed by atoms with Crippen molar-refractivity contribution in [3.63, 3.8) is 0 Å². The second kappa shape index (κ2) is 6.05. The second-order valence-corrected chi connectivity index (χ2v) is 6.47. The molecule has 4 aromatic rings. The van der Waals surface area contributed by atoms with Gasteiger partial charge in [0.2, 0.25) is 5.91 Å². The van der Waals surface area contributed by atoms with Crippen molar-refractivity contribution in [2.24, 2.45) is 0 Å². The number of hydrogen-bond donors (Lipinski definition) is 2. The molecule has 6 heteroatoms. The molecule has 2 aromatic heterocycles. The molecule has 2 N–H and O–H groups in total. The summed E-state index contributed by atoms with van der Waals surface area (Å²) in [5, 5.41) is 10.8. The highest BCUT2D eigenvalue weighted by Gasteiger charge is 2.09. The van der Waals surface area contributed by atoms with Gasteiger partial charge in [-0.3, -0.25) is 9.89 Å². The first-order valence-corrected chi connectivity index (χ1v) is 8.28. The lowest BCUT2D eigenvalue weighted by atomic mass is 10.1. The molecule has 1 amide bonds. The number of aromatic amines is 1. The van der Waals surface area contributed by atoms with E-state index in [1.807, 2.05) is 42.7 Å². The quantitative estimate of drug-likeness (QED) is 0.598. The van der Waals surface area contributed by atoms with E-state index in [0.29, 0.717) is 12.5 Å². The van der Waals surface area contributed by atoms with Crippen molar-refractivity contribution in [2.75, 3.05) is 5.32 Å². The number of carbonyl (C=O) groups excluding carboxylic acids is 1. The number of hydrogen-bond acceptors (Lipinski definition) is 3. The van der Waals surface area contributed by atoms with Crippen LogP contribution in [0.2, 0.25) is 0 Å². The molecular weight excluding hydrogens is 314 g/mol. The molecule has 6 nitrogen and oxygen atoms in total. The monoisotopic (exact) mass is 333 g/mol. The fraction of sp³-hybridized carbons (Fsp3) is 0.211. The van der Waals surface area contributed by atoms with E-state index >= 15 is 0 Å². The lowest BCUT2D eigenvalue weighted by molar-refractivity contribution is -0.115. The smallest absolute Gasteiger partial charge is 0.228 e. The molecule has 0 radical (unpaired) electrons. The van der Waals surface area contributed by atoms with Gasteiger partial charge in [0.05, 0.1) is 35.5 Å². The van der Waals surface area contributed by atoms with Crippen molar-refractivity contribution in [3.8, 4) is 0 Å². The number of carbonyl (C=O) groups is 1. The number of anilines is 1. The Kier molecular flexibility index (Phi) is 3.72. The first-order valence-electron chi connectivity index (χ1n) is 8.28. The van der Waals surface area contributed by atoms with E-state index in [1.54, 1.807) is 6.20 Å². The van der Waals surface area contributed by atoms with Crippen LogP contribution in [0.5, 0.6) is 0 Å². The Bertz CT molecular complexity index is 1060. The summed E-state index contributed by atoms with van der Waals surface area (Å²) in [5.41, 5.74) is 4.61. The van der Waals surface area contributed by atoms with Gasteiger partial charge in [-0.25, -0.2) is 4.98 Å². The molecule has 2 aromatic carbocycles. The Morgan fingerprint density at radius 3 is 2.96 bits per heavy atom. The summed E-state index contributed by atoms with van der Waals surface area (Å²) in [5.74, 6) is -0.0542. The third-order valence-corrected chi connectivity index (χ3v) is 4.29. The van der Waals surface area contributed by atoms with E-state index in [-0.39, 0.29) is 5.91 Å². The zero-order chi connectivity index (χ0) is 17.4. The molecule has 0 spiro atoms. The number of nitrogens with zero attached hydrogens (tertiary/aromatic N) is 3. The molecule has 0 aliphatic rings. The van der Waals surface area contributed by atoms with Gasteiger partial charge in [-0.05, 0) is 49.7 Å². The highest BCUT2D eigenvalue weighted by molar-refractivity contribution is 5.95. The minimum Gasteiger partial charge on any atom is -0.328 e. The number of amides is 1. The zero-order valence-corrected chi connectivity index (χ0v) is 14.2. The predicted molar refractivity (Wildman–Crippen MR) is 98.5 cm³/mol. The van der Waals surface area contributed by atoms with Crippen LogP contribution in [0.15, 0.2) is 48.9 Å². The number of fused-ring (bicyclic) bond motifs is 2. The highest BCUT2D eigenvalue weighted by atomic mass is 16.1. The standard InChI is InChI=1S/C19H19N5O/c1-12(2)24-11-20-17-7-13(3-6-18(17)24)8-19(25)22-15-5-4-14-10-21-23-16(14)9-15/h3-7,9-12H,8H2,1-2H3,(H,21,23)(H,22,25). The summed E-state index contributed by atoms with van der Waals surface area (Å²) >= 11 is 0. The SMILES string of the molecule is CC(C)n1cnc2cc(CC(=O)Nc3ccc4cn[nH]c4c3)ccc21. The topological polar surface area (TPSA) is 75.6 Å². The van der Waals surface area contributed by atoms with Crippen LogP contribution in [-0.4, -0.2) is 25.7 Å². The van der Waals surface area contributed by atoms with Crippen LogP contribution in [0.3, 0.4) is 0 Å². The first-order chi connectivity index (χ1) is 12.1. The van der Waals surface area contributed by atoms with E-state index < -0.39 is 0 Å². The number of imidazole rings is 1. The van der Waals surface area contributed by atoms with Crippen molar-refractivity contribution in [1.82, 2.24) is 19.7 Å². The molecule has 25 heavy (non-hydrogen) atoms. The average molecular weight is 333 g/mol. The second-order valence-electron chi connectivity index (χ2n) is 6.47. The van der Waals surface area contributed by atoms with Crippen molar-refractivity contribution in [1.29, 1.82) is 0 Å². The van der Waals surface area contributed by atoms with E-state index in [2.05, 4.69) is 38.9 Å². The zero-order valence-electron chi connectivity index (χ0n) is 14.2. The van der Waals surface area contributed by atoms with Gasteiger partial charge in [0.1, 0.15) is 0 Å². The summed E-state index contributed by atoms with van der Waals surface area (Å²) in [4.78, 5) is 16.8. The van der Waals surface area contributed by atoms with Gasteiger partial charge in [0.15, 0.2) is 0 Å². The number of benzene rings is 2.